The normalized spacial score (nSPS) is 10.4. The molecule has 0 bridgehead atoms. The first-order valence-electron chi connectivity index (χ1n) is 25.9. The molecule has 5 heterocycles. The summed E-state index contributed by atoms with van der Waals surface area (Å²) in [6.45, 7) is 3.84. The van der Waals surface area contributed by atoms with E-state index in [9.17, 15) is 50.3 Å². The summed E-state index contributed by atoms with van der Waals surface area (Å²) in [5, 5.41) is 3.44. The Morgan fingerprint density at radius 2 is 0.848 bits per heavy atom. The lowest BCUT2D eigenvalue weighted by Gasteiger charge is -2.09. The molecule has 5 aromatic heterocycles. The Hall–Kier alpha value is -12.6. The van der Waals surface area contributed by atoms with E-state index in [-0.39, 0.29) is 70.1 Å². The Labute approximate surface area is 517 Å². The highest BCUT2D eigenvalue weighted by Gasteiger charge is 2.31. The van der Waals surface area contributed by atoms with Gasteiger partial charge in [-0.1, -0.05) is 48.0 Å². The number of aryl methyl sites for hydroxylation is 2. The molecular formula is C59H48ClF6N15O11. The van der Waals surface area contributed by atoms with Gasteiger partial charge in [0.15, 0.2) is 35.4 Å². The monoisotopic (exact) mass is 1290 g/mol. The molecule has 0 spiro atoms. The number of aromatic nitrogens is 10. The first kappa shape index (κ1) is 66.9. The van der Waals surface area contributed by atoms with Gasteiger partial charge in [-0.2, -0.15) is 4.39 Å². The Balaban J connectivity index is 0.000000164. The van der Waals surface area contributed by atoms with Gasteiger partial charge < -0.3 is 56.7 Å². The molecule has 0 radical (unpaired) electrons. The van der Waals surface area contributed by atoms with Crippen molar-refractivity contribution in [3.63, 3.8) is 0 Å². The Morgan fingerprint density at radius 3 is 1.32 bits per heavy atom. The summed E-state index contributed by atoms with van der Waals surface area (Å²) in [7, 11) is 0. The molecular weight excluding hydrogens is 1240 g/mol. The molecule has 0 atom stereocenters. The summed E-state index contributed by atoms with van der Waals surface area (Å²) in [5.74, 6) is -1.44. The van der Waals surface area contributed by atoms with Gasteiger partial charge in [-0.05, 0) is 128 Å². The largest absolute Gasteiger partial charge is 0.573 e. The molecule has 0 unspecified atom stereocenters. The van der Waals surface area contributed by atoms with Crippen LogP contribution in [0.4, 0.5) is 61.8 Å². The van der Waals surface area contributed by atoms with Crippen LogP contribution in [0.3, 0.4) is 0 Å². The van der Waals surface area contributed by atoms with Gasteiger partial charge >= 0.3 is 6.36 Å². The third-order valence-electron chi connectivity index (χ3n) is 11.0. The highest BCUT2D eigenvalue weighted by Crippen LogP contribution is 2.28. The van der Waals surface area contributed by atoms with Gasteiger partial charge in [0.25, 0.3) is 27.8 Å². The number of H-pyrrole nitrogens is 5. The topological polar surface area (TPSA) is 400 Å². The van der Waals surface area contributed by atoms with E-state index in [2.05, 4.69) is 59.9 Å². The molecule has 474 valence electrons. The van der Waals surface area contributed by atoms with E-state index >= 15 is 0 Å². The molecule has 11 rings (SSSR count). The zero-order chi connectivity index (χ0) is 66.5. The maximum Gasteiger partial charge on any atom is 0.573 e. The quantitative estimate of drug-likeness (QED) is 0.0479. The van der Waals surface area contributed by atoms with Crippen LogP contribution < -0.4 is 84.5 Å². The van der Waals surface area contributed by atoms with Crippen LogP contribution in [0.15, 0.2) is 194 Å². The molecule has 26 nitrogen and oxygen atoms in total. The van der Waals surface area contributed by atoms with Crippen LogP contribution in [0.25, 0.3) is 0 Å². The van der Waals surface area contributed by atoms with E-state index < -0.39 is 57.3 Å². The minimum atomic E-state index is -4.76. The predicted octanol–water partition coefficient (Wildman–Crippen LogP) is 10.5. The Kier molecular flexibility index (Phi) is 22.8. The first-order chi connectivity index (χ1) is 43.8. The van der Waals surface area contributed by atoms with Crippen molar-refractivity contribution in [3.8, 4) is 63.2 Å². The van der Waals surface area contributed by atoms with E-state index in [0.717, 1.165) is 41.7 Å². The third-order valence-corrected chi connectivity index (χ3v) is 11.3. The molecule has 0 saturated carbocycles. The van der Waals surface area contributed by atoms with E-state index in [1.165, 1.54) is 67.1 Å². The summed E-state index contributed by atoms with van der Waals surface area (Å²) in [6, 6.07) is 35.0. The average Bonchev–Trinajstić information content (AvgIpc) is 1.23. The van der Waals surface area contributed by atoms with Crippen LogP contribution in [-0.2, 0) is 0 Å². The van der Waals surface area contributed by atoms with Gasteiger partial charge in [-0.3, -0.25) is 48.9 Å². The fraction of sp³-hybridized carbons (Fsp3) is 0.0508. The third kappa shape index (κ3) is 21.1. The second-order valence-corrected chi connectivity index (χ2v) is 18.5. The number of halogens is 7. The molecule has 92 heavy (non-hydrogen) atoms. The Bertz CT molecular complexity index is 4600. The molecule has 6 aromatic carbocycles. The number of hydrogen-bond acceptors (Lipinski definition) is 21. The molecule has 0 saturated heterocycles. The average molecular weight is 1290 g/mol. The number of ether oxygens (including phenoxy) is 6. The molecule has 0 aliphatic heterocycles. The molecule has 0 aliphatic carbocycles. The number of anilines is 6. The molecule has 14 N–H and O–H groups in total. The minimum absolute atomic E-state index is 0.0528. The summed E-state index contributed by atoms with van der Waals surface area (Å²) < 4.78 is 105. The molecule has 0 amide bonds. The zero-order valence-electron chi connectivity index (χ0n) is 47.3. The number of aromatic amines is 5. The van der Waals surface area contributed by atoms with E-state index in [1.807, 2.05) is 50.2 Å². The lowest BCUT2D eigenvalue weighted by atomic mass is 10.2. The fourth-order valence-corrected chi connectivity index (χ4v) is 6.94. The van der Waals surface area contributed by atoms with Crippen LogP contribution in [-0.4, -0.2) is 56.2 Å². The Morgan fingerprint density at radius 1 is 0.435 bits per heavy atom. The van der Waals surface area contributed by atoms with Crippen molar-refractivity contribution in [2.45, 2.75) is 20.2 Å². The number of rotatable bonds is 13. The van der Waals surface area contributed by atoms with Crippen LogP contribution in [0.2, 0.25) is 5.02 Å². The maximum atomic E-state index is 13.2. The van der Waals surface area contributed by atoms with Crippen molar-refractivity contribution in [3.05, 3.63) is 256 Å². The number of benzene rings is 6. The van der Waals surface area contributed by atoms with E-state index in [0.29, 0.717) is 28.0 Å². The molecule has 0 fully saturated rings. The van der Waals surface area contributed by atoms with Crippen LogP contribution in [0.1, 0.15) is 11.1 Å². The second kappa shape index (κ2) is 31.3. The number of nitrogens with one attached hydrogen (secondary N) is 6. The van der Waals surface area contributed by atoms with Crippen molar-refractivity contribution in [1.29, 1.82) is 0 Å². The summed E-state index contributed by atoms with van der Waals surface area (Å²) >= 11 is 5.79. The first-order valence-corrected chi connectivity index (χ1v) is 26.3. The van der Waals surface area contributed by atoms with E-state index in [4.69, 9.17) is 58.2 Å². The van der Waals surface area contributed by atoms with Gasteiger partial charge in [0.1, 0.15) is 34.6 Å². The van der Waals surface area contributed by atoms with Gasteiger partial charge in [0, 0.05) is 10.7 Å². The number of nitrogens with zero attached hydrogens (tertiary/aromatic N) is 5. The summed E-state index contributed by atoms with van der Waals surface area (Å²) in [5.41, 5.74) is 21.2. The number of hydrogen-bond donors (Lipinski definition) is 10. The van der Waals surface area contributed by atoms with Gasteiger partial charge in [-0.15, -0.1) is 13.2 Å². The molecule has 0 aliphatic rings. The second-order valence-electron chi connectivity index (χ2n) is 18.0. The van der Waals surface area contributed by atoms with Crippen LogP contribution in [0, 0.1) is 31.3 Å². The van der Waals surface area contributed by atoms with Crippen LogP contribution >= 0.6 is 11.6 Å². The number of para-hydroxylation sites is 1. The number of nitrogens with two attached hydrogens (primary N) is 4. The SMILES string of the molecule is Cc1cccc(Oc2cnc(N)[nH]c2=O)c1.Cc1ccccc1Oc1cnc(N)[nH]c1=O.Nc1ncc(Oc2ccc(OC(F)(F)F)cc2)c(=O)[nH]1.Nc1ncc(Oc2cccc(F)c2F)c(=O)[nH]1.O=c1[nH]c(Nc2ccc(F)cc2)ncc1Oc1ccc(Cl)cc1. The van der Waals surface area contributed by atoms with Crippen molar-refractivity contribution in [1.82, 2.24) is 49.8 Å². The standard InChI is InChI=1S/C16H11ClFN3O2.C11H8F3N3O3.2C11H11N3O2.C10H7F2N3O2/c17-10-1-7-13(8-2-10)23-14-9-19-16(21-15(14)22)20-12-5-3-11(18)4-6-12;12-11(13,14)20-7-3-1-6(2-4-7)19-8-5-16-10(15)17-9(8)18;1-7-3-2-4-8(5-7)16-9-6-13-11(12)14-10(9)15;1-7-4-2-3-5-8(7)16-9-6-13-11(12)14-10(9)15;11-5-2-1-3-6(8(5)12)17-7-4-14-10(13)15-9(7)16/h1-9H,(H2,19,20,21,22);1-5H,(H3,15,16,17,18);2*2-6H,1H3,(H3,12,13,14,15);1-4H,(H3,13,14,15,16). The number of nitrogen functional groups attached to an aromatic ring is 4. The smallest absolute Gasteiger partial charge is 0.450 e. The highest BCUT2D eigenvalue weighted by atomic mass is 35.5. The van der Waals surface area contributed by atoms with Gasteiger partial charge in [0.2, 0.25) is 40.5 Å². The lowest BCUT2D eigenvalue weighted by molar-refractivity contribution is -0.274. The van der Waals surface area contributed by atoms with Crippen molar-refractivity contribution in [2.75, 3.05) is 28.3 Å². The minimum Gasteiger partial charge on any atom is -0.450 e. The summed E-state index contributed by atoms with van der Waals surface area (Å²) in [4.78, 5) is 88.1. The summed E-state index contributed by atoms with van der Waals surface area (Å²) in [6.07, 6.45) is 1.28. The molecule has 33 heteroatoms. The van der Waals surface area contributed by atoms with Gasteiger partial charge in [-0.25, -0.2) is 33.7 Å². The van der Waals surface area contributed by atoms with Crippen molar-refractivity contribution in [2.24, 2.45) is 0 Å². The predicted molar refractivity (Wildman–Crippen MR) is 325 cm³/mol. The zero-order valence-corrected chi connectivity index (χ0v) is 48.1. The van der Waals surface area contributed by atoms with Gasteiger partial charge in [0.05, 0.1) is 31.0 Å². The van der Waals surface area contributed by atoms with Crippen LogP contribution in [0.5, 0.6) is 63.2 Å². The fourth-order valence-electron chi connectivity index (χ4n) is 6.81. The van der Waals surface area contributed by atoms with E-state index in [1.54, 1.807) is 36.4 Å². The number of alkyl halides is 3. The lowest BCUT2D eigenvalue weighted by Crippen LogP contribution is -2.17. The molecule has 11 aromatic rings. The maximum absolute atomic E-state index is 13.2. The van der Waals surface area contributed by atoms with Crippen molar-refractivity contribution < 1.29 is 54.8 Å². The van der Waals surface area contributed by atoms with Crippen molar-refractivity contribution >= 4 is 47.0 Å². The highest BCUT2D eigenvalue weighted by molar-refractivity contribution is 6.30.